The van der Waals surface area contributed by atoms with Crippen molar-refractivity contribution in [3.8, 4) is 0 Å². The van der Waals surface area contributed by atoms with Gasteiger partial charge in [0.25, 0.3) is 0 Å². The van der Waals surface area contributed by atoms with Gasteiger partial charge in [0.1, 0.15) is 6.33 Å². The van der Waals surface area contributed by atoms with E-state index < -0.39 is 0 Å². The van der Waals surface area contributed by atoms with E-state index in [-0.39, 0.29) is 0 Å². The first kappa shape index (κ1) is 9.53. The largest absolute Gasteiger partial charge is 0.356 e. The molecule has 0 saturated heterocycles. The molecule has 0 atom stereocenters. The van der Waals surface area contributed by atoms with Crippen molar-refractivity contribution in [2.75, 3.05) is 0 Å². The molecule has 0 aliphatic rings. The average molecular weight is 234 g/mol. The summed E-state index contributed by atoms with van der Waals surface area (Å²) in [7, 11) is 2.02. The Morgan fingerprint density at radius 2 is 1.78 bits per heavy atom. The molecule has 0 unspecified atom stereocenters. The quantitative estimate of drug-likeness (QED) is 0.439. The summed E-state index contributed by atoms with van der Waals surface area (Å²) in [5.74, 6) is 0. The maximum absolute atomic E-state index is 4.50. The van der Waals surface area contributed by atoms with E-state index in [0.717, 1.165) is 32.6 Å². The van der Waals surface area contributed by atoms with E-state index in [2.05, 4.69) is 33.4 Å². The van der Waals surface area contributed by atoms with Crippen LogP contribution in [0.4, 0.5) is 0 Å². The van der Waals surface area contributed by atoms with Crippen molar-refractivity contribution in [1.82, 2.24) is 19.5 Å². The van der Waals surface area contributed by atoms with Crippen molar-refractivity contribution in [3.05, 3.63) is 43.2 Å². The summed E-state index contributed by atoms with van der Waals surface area (Å²) in [6.07, 6.45) is 9.47. The summed E-state index contributed by atoms with van der Waals surface area (Å²) in [6.45, 7) is 0. The number of aryl methyl sites for hydroxylation is 1. The minimum Gasteiger partial charge on any atom is -0.356 e. The standard InChI is InChI=1S/C14H10N4/c1-18-6-11-10-5-15-8-17-13(10)9-3-2-4-16-14(9)12(11)7-18/h2-8H,1H3. The summed E-state index contributed by atoms with van der Waals surface area (Å²) in [5.41, 5.74) is 1.96. The third-order valence-electron chi connectivity index (χ3n) is 3.28. The van der Waals surface area contributed by atoms with Crippen LogP contribution in [0.1, 0.15) is 0 Å². The van der Waals surface area contributed by atoms with Gasteiger partial charge in [-0.3, -0.25) is 4.98 Å². The number of nitrogens with zero attached hydrogens (tertiary/aromatic N) is 4. The molecule has 0 fully saturated rings. The number of rotatable bonds is 0. The molecule has 4 rings (SSSR count). The van der Waals surface area contributed by atoms with Gasteiger partial charge in [0.05, 0.1) is 11.0 Å². The topological polar surface area (TPSA) is 43.6 Å². The van der Waals surface area contributed by atoms with E-state index in [1.54, 1.807) is 6.33 Å². The van der Waals surface area contributed by atoms with Gasteiger partial charge in [-0.05, 0) is 12.1 Å². The van der Waals surface area contributed by atoms with E-state index >= 15 is 0 Å². The monoisotopic (exact) mass is 234 g/mol. The van der Waals surface area contributed by atoms with Crippen molar-refractivity contribution in [1.29, 1.82) is 0 Å². The number of benzene rings is 1. The molecular weight excluding hydrogens is 224 g/mol. The predicted molar refractivity (Wildman–Crippen MR) is 71.3 cm³/mol. The normalized spacial score (nSPS) is 11.6. The van der Waals surface area contributed by atoms with Gasteiger partial charge < -0.3 is 4.57 Å². The molecule has 1 aromatic carbocycles. The third kappa shape index (κ3) is 1.12. The molecule has 4 aromatic rings. The molecule has 0 bridgehead atoms. The minimum absolute atomic E-state index is 0.965. The van der Waals surface area contributed by atoms with Crippen LogP contribution >= 0.6 is 0 Å². The van der Waals surface area contributed by atoms with Gasteiger partial charge in [-0.2, -0.15) is 0 Å². The molecule has 0 aliphatic heterocycles. The van der Waals surface area contributed by atoms with E-state index in [0.29, 0.717) is 0 Å². The Balaban J connectivity index is 2.45. The van der Waals surface area contributed by atoms with Crippen molar-refractivity contribution >= 4 is 32.6 Å². The van der Waals surface area contributed by atoms with Gasteiger partial charge in [0.2, 0.25) is 0 Å². The van der Waals surface area contributed by atoms with Crippen LogP contribution in [-0.2, 0) is 7.05 Å². The third-order valence-corrected chi connectivity index (χ3v) is 3.28. The molecule has 0 saturated carbocycles. The Hall–Kier alpha value is -2.49. The lowest BCUT2D eigenvalue weighted by molar-refractivity contribution is 0.934. The molecule has 4 nitrogen and oxygen atoms in total. The summed E-state index contributed by atoms with van der Waals surface area (Å²) >= 11 is 0. The number of fused-ring (bicyclic) bond motifs is 6. The highest BCUT2D eigenvalue weighted by molar-refractivity contribution is 6.22. The van der Waals surface area contributed by atoms with Gasteiger partial charge >= 0.3 is 0 Å². The molecule has 0 radical (unpaired) electrons. The molecule has 86 valence electrons. The molecule has 3 aromatic heterocycles. The van der Waals surface area contributed by atoms with E-state index in [9.17, 15) is 0 Å². The Bertz CT molecular complexity index is 819. The molecule has 3 heterocycles. The molecule has 0 amide bonds. The van der Waals surface area contributed by atoms with Gasteiger partial charge in [0, 0.05) is 53.4 Å². The highest BCUT2D eigenvalue weighted by Crippen LogP contribution is 2.32. The van der Waals surface area contributed by atoms with Crippen LogP contribution < -0.4 is 0 Å². The smallest absolute Gasteiger partial charge is 0.116 e. The zero-order chi connectivity index (χ0) is 12.1. The number of hydrogen-bond donors (Lipinski definition) is 0. The molecule has 0 spiro atoms. The summed E-state index contributed by atoms with van der Waals surface area (Å²) in [4.78, 5) is 13.0. The van der Waals surface area contributed by atoms with Crippen molar-refractivity contribution in [2.45, 2.75) is 0 Å². The zero-order valence-corrected chi connectivity index (χ0v) is 9.83. The van der Waals surface area contributed by atoms with Gasteiger partial charge in [-0.1, -0.05) is 0 Å². The Kier molecular flexibility index (Phi) is 1.73. The summed E-state index contributed by atoms with van der Waals surface area (Å²) in [5, 5.41) is 4.46. The summed E-state index contributed by atoms with van der Waals surface area (Å²) < 4.78 is 2.05. The van der Waals surface area contributed by atoms with Crippen LogP contribution in [0.2, 0.25) is 0 Å². The second-order valence-corrected chi connectivity index (χ2v) is 4.44. The molecule has 0 aliphatic carbocycles. The minimum atomic E-state index is 0.965. The van der Waals surface area contributed by atoms with Crippen LogP contribution in [0.15, 0.2) is 43.2 Å². The fraction of sp³-hybridized carbons (Fsp3) is 0.0714. The number of aromatic nitrogens is 4. The van der Waals surface area contributed by atoms with E-state index in [1.165, 1.54) is 0 Å². The first-order valence-electron chi connectivity index (χ1n) is 5.76. The lowest BCUT2D eigenvalue weighted by atomic mass is 10.1. The maximum atomic E-state index is 4.50. The highest BCUT2D eigenvalue weighted by atomic mass is 14.9. The van der Waals surface area contributed by atoms with Gasteiger partial charge in [0.15, 0.2) is 0 Å². The van der Waals surface area contributed by atoms with Crippen molar-refractivity contribution < 1.29 is 0 Å². The van der Waals surface area contributed by atoms with Crippen molar-refractivity contribution in [2.24, 2.45) is 7.05 Å². The number of pyridine rings is 1. The molecule has 4 heteroatoms. The summed E-state index contributed by atoms with van der Waals surface area (Å²) in [6, 6.07) is 4.00. The van der Waals surface area contributed by atoms with Crippen molar-refractivity contribution in [3.63, 3.8) is 0 Å². The van der Waals surface area contributed by atoms with Crippen LogP contribution in [0, 0.1) is 0 Å². The molecule has 18 heavy (non-hydrogen) atoms. The first-order valence-corrected chi connectivity index (χ1v) is 5.76. The predicted octanol–water partition coefficient (Wildman–Crippen LogP) is 2.67. The zero-order valence-electron chi connectivity index (χ0n) is 9.83. The first-order chi connectivity index (χ1) is 8.84. The number of hydrogen-bond acceptors (Lipinski definition) is 3. The molecular formula is C14H10N4. The molecule has 0 N–H and O–H groups in total. The van der Waals surface area contributed by atoms with Crippen LogP contribution in [0.3, 0.4) is 0 Å². The van der Waals surface area contributed by atoms with Gasteiger partial charge in [-0.25, -0.2) is 9.97 Å². The second kappa shape index (κ2) is 3.26. The lowest BCUT2D eigenvalue weighted by Gasteiger charge is -2.03. The van der Waals surface area contributed by atoms with Gasteiger partial charge in [-0.15, -0.1) is 0 Å². The average Bonchev–Trinajstić information content (AvgIpc) is 2.81. The SMILES string of the molecule is Cn1cc2c3cncnc3c3cccnc3c2c1. The highest BCUT2D eigenvalue weighted by Gasteiger charge is 2.11. The van der Waals surface area contributed by atoms with Crippen LogP contribution in [0.25, 0.3) is 32.6 Å². The fourth-order valence-corrected chi connectivity index (χ4v) is 2.54. The van der Waals surface area contributed by atoms with Crippen LogP contribution in [-0.4, -0.2) is 19.5 Å². The maximum Gasteiger partial charge on any atom is 0.116 e. The van der Waals surface area contributed by atoms with E-state index in [4.69, 9.17) is 0 Å². The van der Waals surface area contributed by atoms with E-state index in [1.807, 2.05) is 30.1 Å². The Morgan fingerprint density at radius 3 is 2.72 bits per heavy atom. The fourth-order valence-electron chi connectivity index (χ4n) is 2.54. The van der Waals surface area contributed by atoms with Crippen LogP contribution in [0.5, 0.6) is 0 Å². The Labute approximate surface area is 103 Å². The Morgan fingerprint density at radius 1 is 0.944 bits per heavy atom. The lowest BCUT2D eigenvalue weighted by Crippen LogP contribution is -1.86. The second-order valence-electron chi connectivity index (χ2n) is 4.44.